The molecule has 0 aromatic heterocycles. The summed E-state index contributed by atoms with van der Waals surface area (Å²) >= 11 is 0. The Morgan fingerprint density at radius 1 is 0.476 bits per heavy atom. The van der Waals surface area contributed by atoms with E-state index in [2.05, 4.69) is 67.7 Å². The van der Waals surface area contributed by atoms with Gasteiger partial charge in [-0.25, -0.2) is 35.0 Å². The van der Waals surface area contributed by atoms with E-state index >= 15 is 0 Å². The summed E-state index contributed by atoms with van der Waals surface area (Å²) in [7, 11) is -12.7. The van der Waals surface area contributed by atoms with E-state index in [1.165, 1.54) is 8.61 Å². The molecule has 2 amide bonds. The van der Waals surface area contributed by atoms with Gasteiger partial charge >= 0.3 is 12.2 Å². The van der Waals surface area contributed by atoms with Gasteiger partial charge in [0.25, 0.3) is 20.0 Å². The highest BCUT2D eigenvalue weighted by molar-refractivity contribution is 7.89. The number of nitrogens with zero attached hydrogens (tertiary/aromatic N) is 4. The Morgan fingerprint density at radius 3 is 1.07 bits per heavy atom. The first kappa shape index (κ1) is 61.7. The van der Waals surface area contributed by atoms with Crippen LogP contribution in [0.1, 0.15) is 87.8 Å². The van der Waals surface area contributed by atoms with Crippen LogP contribution in [0.3, 0.4) is 0 Å². The molecule has 0 saturated carbocycles. The molecule has 0 bridgehead atoms. The van der Waals surface area contributed by atoms with Gasteiger partial charge in [0.2, 0.25) is 11.8 Å². The maximum absolute atomic E-state index is 14.4. The Morgan fingerprint density at radius 2 is 0.774 bits per heavy atom. The van der Waals surface area contributed by atoms with Crippen molar-refractivity contribution >= 4 is 60.0 Å². The summed E-state index contributed by atoms with van der Waals surface area (Å²) in [4.78, 5) is 30.9. The normalized spacial score (nSPS) is 19.5. The van der Waals surface area contributed by atoms with E-state index in [1.807, 2.05) is 135 Å². The standard InChI is InChI=1S/2C33H40N2O5SSi/c2*1-24-17-19-27(20-18-24)41(37,38)35(23-25-13-9-7-10-14-25)31-29(26-15-11-8-12-16-26)30-28(21-22-34(30)32(36)39-31)40-42(5,6)33(2,3)4/h2*7-20,28,30H,21-23H2,1-6H3/t2*28-,30-/m00/s1. The average Bonchev–Trinajstić information content (AvgIpc) is 1.88. The van der Waals surface area contributed by atoms with E-state index in [0.717, 1.165) is 33.4 Å². The van der Waals surface area contributed by atoms with E-state index in [0.29, 0.717) is 37.1 Å². The minimum atomic E-state index is -4.14. The highest BCUT2D eigenvalue weighted by Crippen LogP contribution is 2.48. The Labute approximate surface area is 500 Å². The van der Waals surface area contributed by atoms with Crippen molar-refractivity contribution in [2.75, 3.05) is 13.1 Å². The van der Waals surface area contributed by atoms with Crippen molar-refractivity contribution in [2.45, 2.75) is 152 Å². The highest BCUT2D eigenvalue weighted by Gasteiger charge is 2.54. The molecule has 2 saturated heterocycles. The van der Waals surface area contributed by atoms with Crippen molar-refractivity contribution in [3.05, 3.63) is 215 Å². The van der Waals surface area contributed by atoms with Crippen molar-refractivity contribution in [3.63, 3.8) is 0 Å². The third-order valence-electron chi connectivity index (χ3n) is 17.3. The fraction of sp³-hybridized carbons (Fsp3) is 0.364. The molecule has 18 heteroatoms. The number of fused-ring (bicyclic) bond motifs is 2. The topological polar surface area (TPSA) is 152 Å². The molecule has 10 rings (SSSR count). The molecule has 0 aliphatic carbocycles. The molecule has 14 nitrogen and oxygen atoms in total. The van der Waals surface area contributed by atoms with Gasteiger partial charge in [-0.3, -0.25) is 9.80 Å². The average molecular weight is 1210 g/mol. The number of ether oxygens (including phenoxy) is 2. The summed E-state index contributed by atoms with van der Waals surface area (Å²) in [5.41, 5.74) is 6.30. The van der Waals surface area contributed by atoms with Crippen molar-refractivity contribution in [1.29, 1.82) is 0 Å². The van der Waals surface area contributed by atoms with Gasteiger partial charge < -0.3 is 18.3 Å². The van der Waals surface area contributed by atoms with Gasteiger partial charge in [-0.05, 0) is 109 Å². The zero-order valence-corrected chi connectivity index (χ0v) is 54.0. The molecular weight excluding hydrogens is 1130 g/mol. The van der Waals surface area contributed by atoms with Gasteiger partial charge in [0.15, 0.2) is 16.6 Å². The van der Waals surface area contributed by atoms with Crippen molar-refractivity contribution in [2.24, 2.45) is 0 Å². The van der Waals surface area contributed by atoms with E-state index in [1.54, 1.807) is 58.3 Å². The second kappa shape index (κ2) is 24.3. The fourth-order valence-corrected chi connectivity index (χ4v) is 16.1. The first-order chi connectivity index (χ1) is 39.6. The molecule has 0 N–H and O–H groups in total. The summed E-state index contributed by atoms with van der Waals surface area (Å²) in [5, 5.41) is -0.0770. The lowest BCUT2D eigenvalue weighted by Crippen LogP contribution is -2.52. The molecule has 6 aromatic rings. The number of benzene rings is 6. The number of hydrogen-bond acceptors (Lipinski definition) is 10. The van der Waals surface area contributed by atoms with Crippen molar-refractivity contribution < 1.29 is 44.8 Å². The summed E-state index contributed by atoms with van der Waals surface area (Å²) in [6, 6.07) is 50.5. The number of amides is 2. The number of rotatable bonds is 16. The SMILES string of the molecule is Cc1ccc(S(=O)(=O)N(Cc2ccccc2)C2=C(c3ccccc3)[C@@H]3[C@@H](O[Si](C)(C)C(C)(C)C)CCN3C(=O)O2)cc1.Cc1ccc(S(=O)(=O)N(Cc2ccccc2)C2=C(c3ccccc3)[C@@H]3[C@@H](O[Si](C)(C)C(C)(C)C)CCN3C(=O)O2)cc1. The maximum atomic E-state index is 14.4. The number of aryl methyl sites for hydroxylation is 2. The molecule has 444 valence electrons. The van der Waals surface area contributed by atoms with E-state index < -0.39 is 61.0 Å². The summed E-state index contributed by atoms with van der Waals surface area (Å²) in [5.74, 6) is 0.0604. The summed E-state index contributed by atoms with van der Waals surface area (Å²) in [6.45, 7) is 26.7. The van der Waals surface area contributed by atoms with Crippen LogP contribution in [0.15, 0.2) is 191 Å². The monoisotopic (exact) mass is 1210 g/mol. The van der Waals surface area contributed by atoms with Crippen LogP contribution in [-0.2, 0) is 51.5 Å². The first-order valence-electron chi connectivity index (χ1n) is 28.8. The Balaban J connectivity index is 0.000000202. The van der Waals surface area contributed by atoms with Gasteiger partial charge in [-0.15, -0.1) is 0 Å². The van der Waals surface area contributed by atoms with Crippen LogP contribution in [0.25, 0.3) is 11.1 Å². The van der Waals surface area contributed by atoms with Gasteiger partial charge in [0.05, 0.1) is 47.2 Å². The number of hydrogen-bond donors (Lipinski definition) is 0. The number of carbonyl (C=O) groups is 2. The molecule has 4 atom stereocenters. The van der Waals surface area contributed by atoms with Crippen LogP contribution in [0.5, 0.6) is 0 Å². The lowest BCUT2D eigenvalue weighted by Gasteiger charge is -2.43. The second-order valence-corrected chi connectivity index (χ2v) is 38.5. The molecule has 4 aliphatic rings. The molecule has 0 unspecified atom stereocenters. The Hall–Kier alpha value is -6.81. The second-order valence-electron chi connectivity index (χ2n) is 25.2. The van der Waals surface area contributed by atoms with E-state index in [-0.39, 0.29) is 56.9 Å². The smallest absolute Gasteiger partial charge is 0.411 e. The maximum Gasteiger partial charge on any atom is 0.417 e. The van der Waals surface area contributed by atoms with Gasteiger partial charge in [0, 0.05) is 24.2 Å². The highest BCUT2D eigenvalue weighted by atomic mass is 32.2. The van der Waals surface area contributed by atoms with Crippen LogP contribution in [-0.4, -0.2) is 101 Å². The molecule has 84 heavy (non-hydrogen) atoms. The predicted octanol–water partition coefficient (Wildman–Crippen LogP) is 14.3. The van der Waals surface area contributed by atoms with E-state index in [4.69, 9.17) is 18.3 Å². The lowest BCUT2D eigenvalue weighted by atomic mass is 9.94. The summed E-state index contributed by atoms with van der Waals surface area (Å²) < 4.78 is 86.2. The van der Waals surface area contributed by atoms with Crippen LogP contribution in [0.2, 0.25) is 36.3 Å². The molecule has 0 radical (unpaired) electrons. The first-order valence-corrected chi connectivity index (χ1v) is 37.5. The third kappa shape index (κ3) is 12.9. The molecule has 6 aromatic carbocycles. The molecule has 0 spiro atoms. The zero-order chi connectivity index (χ0) is 60.6. The predicted molar refractivity (Wildman–Crippen MR) is 335 cm³/mol. The molecular formula is C66H80N4O10S2Si2. The Kier molecular flexibility index (Phi) is 17.9. The lowest BCUT2D eigenvalue weighted by molar-refractivity contribution is 0.0833. The van der Waals surface area contributed by atoms with E-state index in [9.17, 15) is 26.4 Å². The van der Waals surface area contributed by atoms with Gasteiger partial charge in [-0.1, -0.05) is 198 Å². The molecule has 4 aliphatic heterocycles. The van der Waals surface area contributed by atoms with Crippen LogP contribution >= 0.6 is 0 Å². The van der Waals surface area contributed by atoms with Crippen molar-refractivity contribution in [1.82, 2.24) is 18.4 Å². The van der Waals surface area contributed by atoms with Crippen LogP contribution < -0.4 is 0 Å². The minimum absolute atomic E-state index is 0.00350. The number of carbonyl (C=O) groups excluding carboxylic acids is 2. The Bertz CT molecular complexity index is 3370. The van der Waals surface area contributed by atoms with Crippen molar-refractivity contribution in [3.8, 4) is 0 Å². The summed E-state index contributed by atoms with van der Waals surface area (Å²) in [6.07, 6.45) is -0.450. The largest absolute Gasteiger partial charge is 0.417 e. The number of cyclic esters (lactones) is 2. The van der Waals surface area contributed by atoms with Crippen LogP contribution in [0.4, 0.5) is 9.59 Å². The van der Waals surface area contributed by atoms with Gasteiger partial charge in [0.1, 0.15) is 0 Å². The zero-order valence-electron chi connectivity index (χ0n) is 50.4. The van der Waals surface area contributed by atoms with Crippen LogP contribution in [0, 0.1) is 13.8 Å². The van der Waals surface area contributed by atoms with Gasteiger partial charge in [-0.2, -0.15) is 0 Å². The fourth-order valence-electron chi connectivity index (χ4n) is 10.5. The number of sulfonamides is 2. The molecule has 4 heterocycles. The quantitative estimate of drug-likeness (QED) is 0.0856. The minimum Gasteiger partial charge on any atom is -0.411 e. The third-order valence-corrected chi connectivity index (χ3v) is 29.8. The molecule has 2 fully saturated rings.